The van der Waals surface area contributed by atoms with E-state index in [0.29, 0.717) is 11.1 Å². The van der Waals surface area contributed by atoms with Crippen molar-refractivity contribution in [3.05, 3.63) is 59.7 Å². The van der Waals surface area contributed by atoms with Crippen LogP contribution in [0.2, 0.25) is 0 Å². The van der Waals surface area contributed by atoms with Crippen molar-refractivity contribution in [2.45, 2.75) is 0 Å². The Labute approximate surface area is 127 Å². The molecule has 2 rings (SSSR count). The first-order chi connectivity index (χ1) is 10.3. The quantitative estimate of drug-likeness (QED) is 0.867. The van der Waals surface area contributed by atoms with Crippen molar-refractivity contribution < 1.29 is 27.3 Å². The first-order valence-electron chi connectivity index (χ1n) is 6.14. The van der Waals surface area contributed by atoms with Gasteiger partial charge < -0.3 is 9.29 Å². The van der Waals surface area contributed by atoms with Gasteiger partial charge in [0.15, 0.2) is 0 Å². The molecule has 1 N–H and O–H groups in total. The number of aromatic carboxylic acids is 1. The number of carboxylic acids is 1. The summed E-state index contributed by atoms with van der Waals surface area (Å²) in [4.78, 5) is 22.5. The maximum absolute atomic E-state index is 11.7. The molecule has 2 aromatic rings. The predicted octanol–water partition coefficient (Wildman–Crippen LogP) is 2.17. The molecule has 0 bridgehead atoms. The molecule has 0 radical (unpaired) electrons. The molecule has 0 saturated carbocycles. The lowest BCUT2D eigenvalue weighted by molar-refractivity contribution is 0.0694. The molecule has 7 heteroatoms. The summed E-state index contributed by atoms with van der Waals surface area (Å²) in [7, 11) is -3.88. The van der Waals surface area contributed by atoms with Gasteiger partial charge in [0.2, 0.25) is 0 Å². The van der Waals surface area contributed by atoms with Crippen LogP contribution in [0.5, 0.6) is 0 Å². The van der Waals surface area contributed by atoms with Gasteiger partial charge in [0.05, 0.1) is 17.4 Å². The minimum atomic E-state index is -3.88. The second-order valence-corrected chi connectivity index (χ2v) is 6.11. The van der Waals surface area contributed by atoms with Crippen LogP contribution in [-0.4, -0.2) is 31.7 Å². The average Bonchev–Trinajstić information content (AvgIpc) is 2.46. The number of carbonyl (C=O) groups is 2. The van der Waals surface area contributed by atoms with Gasteiger partial charge in [-0.05, 0) is 35.4 Å². The van der Waals surface area contributed by atoms with E-state index < -0.39 is 22.1 Å². The first kappa shape index (κ1) is 15.7. The summed E-state index contributed by atoms with van der Waals surface area (Å²) >= 11 is 0. The van der Waals surface area contributed by atoms with Gasteiger partial charge in [-0.1, -0.05) is 24.3 Å². The summed E-state index contributed by atoms with van der Waals surface area (Å²) in [6.07, 6.45) is 0.791. The van der Waals surface area contributed by atoms with Gasteiger partial charge in [-0.2, -0.15) is 8.42 Å². The van der Waals surface area contributed by atoms with E-state index in [1.165, 1.54) is 24.3 Å². The van der Waals surface area contributed by atoms with Crippen LogP contribution >= 0.6 is 0 Å². The number of hydrogen-bond donors (Lipinski definition) is 1. The Morgan fingerprint density at radius 2 is 1.59 bits per heavy atom. The van der Waals surface area contributed by atoms with E-state index in [-0.39, 0.29) is 11.1 Å². The third kappa shape index (κ3) is 3.92. The number of rotatable bonds is 4. The molecule has 0 unspecified atom stereocenters. The van der Waals surface area contributed by atoms with E-state index in [2.05, 4.69) is 4.18 Å². The molecule has 0 aliphatic rings. The molecule has 0 aromatic heterocycles. The molecule has 0 spiro atoms. The summed E-state index contributed by atoms with van der Waals surface area (Å²) in [6, 6.07) is 12.3. The average molecular weight is 320 g/mol. The number of carbonyl (C=O) groups excluding carboxylic acids is 1. The van der Waals surface area contributed by atoms with E-state index in [0.717, 1.165) is 6.26 Å². The fourth-order valence-corrected chi connectivity index (χ4v) is 2.19. The van der Waals surface area contributed by atoms with Crippen molar-refractivity contribution >= 4 is 22.1 Å². The molecule has 0 aliphatic carbocycles. The van der Waals surface area contributed by atoms with Crippen LogP contribution in [-0.2, 0) is 14.3 Å². The number of carboxylic acid groups (broad SMARTS) is 1. The zero-order chi connectivity index (χ0) is 16.3. The lowest BCUT2D eigenvalue weighted by Gasteiger charge is -2.05. The molecule has 0 atom stereocenters. The Morgan fingerprint density at radius 3 is 2.14 bits per heavy atom. The topological polar surface area (TPSA) is 97.7 Å². The van der Waals surface area contributed by atoms with Crippen LogP contribution in [0.1, 0.15) is 20.7 Å². The van der Waals surface area contributed by atoms with E-state index in [4.69, 9.17) is 5.11 Å². The Morgan fingerprint density at radius 1 is 0.955 bits per heavy atom. The zero-order valence-electron chi connectivity index (χ0n) is 11.5. The monoisotopic (exact) mass is 320 g/mol. The summed E-state index contributed by atoms with van der Waals surface area (Å²) < 4.78 is 26.3. The highest BCUT2D eigenvalue weighted by Crippen LogP contribution is 2.21. The van der Waals surface area contributed by atoms with Gasteiger partial charge in [-0.15, -0.1) is 0 Å². The highest BCUT2D eigenvalue weighted by atomic mass is 32.2. The van der Waals surface area contributed by atoms with E-state index >= 15 is 0 Å². The Balaban J connectivity index is 2.32. The molecule has 0 fully saturated rings. The largest absolute Gasteiger partial charge is 0.478 e. The third-order valence-electron chi connectivity index (χ3n) is 2.79. The van der Waals surface area contributed by atoms with E-state index in [1.54, 1.807) is 24.3 Å². The third-order valence-corrected chi connectivity index (χ3v) is 3.24. The first-order valence-corrected chi connectivity index (χ1v) is 7.95. The van der Waals surface area contributed by atoms with Crippen molar-refractivity contribution in [2.24, 2.45) is 0 Å². The molecule has 0 saturated heterocycles. The minimum absolute atomic E-state index is 0.0882. The van der Waals surface area contributed by atoms with Crippen molar-refractivity contribution in [1.82, 2.24) is 0 Å². The van der Waals surface area contributed by atoms with E-state index in [9.17, 15) is 18.0 Å². The predicted molar refractivity (Wildman–Crippen MR) is 79.1 cm³/mol. The van der Waals surface area contributed by atoms with Crippen LogP contribution in [0.15, 0.2) is 48.5 Å². The Kier molecular flexibility index (Phi) is 4.27. The highest BCUT2D eigenvalue weighted by molar-refractivity contribution is 7.86. The lowest BCUT2D eigenvalue weighted by atomic mass is 10.0. The van der Waals surface area contributed by atoms with Crippen molar-refractivity contribution in [1.29, 1.82) is 0 Å². The SMILES string of the molecule is CS(=O)(=O)OC(=O)c1cccc(-c2ccc(C(=O)O)cc2)c1. The van der Waals surface area contributed by atoms with Gasteiger partial charge in [0.1, 0.15) is 0 Å². The van der Waals surface area contributed by atoms with Gasteiger partial charge in [0.25, 0.3) is 0 Å². The molecule has 114 valence electrons. The fourth-order valence-electron chi connectivity index (χ4n) is 1.82. The zero-order valence-corrected chi connectivity index (χ0v) is 12.3. The van der Waals surface area contributed by atoms with Crippen LogP contribution in [0, 0.1) is 0 Å². The molecule has 6 nitrogen and oxygen atoms in total. The smallest absolute Gasteiger partial charge is 0.353 e. The standard InChI is InChI=1S/C15H12O6S/c1-22(19,20)21-15(18)13-4-2-3-12(9-13)10-5-7-11(8-6-10)14(16)17/h2-9H,1H3,(H,16,17). The van der Waals surface area contributed by atoms with Crippen LogP contribution in [0.4, 0.5) is 0 Å². The Bertz CT molecular complexity index is 821. The molecule has 0 amide bonds. The summed E-state index contributed by atoms with van der Waals surface area (Å²) in [5, 5.41) is 8.85. The molecule has 0 heterocycles. The summed E-state index contributed by atoms with van der Waals surface area (Å²) in [5.41, 5.74) is 1.57. The van der Waals surface area contributed by atoms with Crippen LogP contribution in [0.3, 0.4) is 0 Å². The van der Waals surface area contributed by atoms with Crippen molar-refractivity contribution in [3.8, 4) is 11.1 Å². The van der Waals surface area contributed by atoms with Gasteiger partial charge in [-0.25, -0.2) is 9.59 Å². The summed E-state index contributed by atoms with van der Waals surface area (Å²) in [5.74, 6) is -2.00. The van der Waals surface area contributed by atoms with Crippen molar-refractivity contribution in [2.75, 3.05) is 6.26 Å². The van der Waals surface area contributed by atoms with Gasteiger partial charge in [-0.3, -0.25) is 0 Å². The highest BCUT2D eigenvalue weighted by Gasteiger charge is 2.14. The molecular weight excluding hydrogens is 308 g/mol. The molecule has 0 aliphatic heterocycles. The van der Waals surface area contributed by atoms with Crippen molar-refractivity contribution in [3.63, 3.8) is 0 Å². The van der Waals surface area contributed by atoms with Gasteiger partial charge >= 0.3 is 22.1 Å². The molecular formula is C15H12O6S. The van der Waals surface area contributed by atoms with Crippen LogP contribution in [0.25, 0.3) is 11.1 Å². The number of benzene rings is 2. The minimum Gasteiger partial charge on any atom is -0.478 e. The van der Waals surface area contributed by atoms with E-state index in [1.807, 2.05) is 0 Å². The normalized spacial score (nSPS) is 11.0. The summed E-state index contributed by atoms with van der Waals surface area (Å²) in [6.45, 7) is 0. The Hall–Kier alpha value is -2.67. The van der Waals surface area contributed by atoms with Crippen LogP contribution < -0.4 is 0 Å². The lowest BCUT2D eigenvalue weighted by Crippen LogP contribution is -2.11. The second-order valence-electron chi connectivity index (χ2n) is 4.54. The molecule has 22 heavy (non-hydrogen) atoms. The molecule has 2 aromatic carbocycles. The van der Waals surface area contributed by atoms with Gasteiger partial charge in [0, 0.05) is 0 Å². The maximum atomic E-state index is 11.7. The fraction of sp³-hybridized carbons (Fsp3) is 0.0667. The second kappa shape index (κ2) is 5.98. The number of hydrogen-bond acceptors (Lipinski definition) is 5. The maximum Gasteiger partial charge on any atom is 0.353 e.